The smallest absolute Gasteiger partial charge is 0.247 e. The Hall–Kier alpha value is -2.29. The van der Waals surface area contributed by atoms with Gasteiger partial charge in [0.15, 0.2) is 0 Å². The van der Waals surface area contributed by atoms with Crippen LogP contribution in [0, 0.1) is 0 Å². The molecule has 3 heterocycles. The van der Waals surface area contributed by atoms with E-state index in [4.69, 9.17) is 0 Å². The molecule has 0 saturated carbocycles. The quantitative estimate of drug-likeness (QED) is 0.765. The highest BCUT2D eigenvalue weighted by Crippen LogP contribution is 2.23. The van der Waals surface area contributed by atoms with E-state index in [2.05, 4.69) is 20.0 Å². The van der Waals surface area contributed by atoms with Crippen molar-refractivity contribution in [3.05, 3.63) is 30.9 Å². The van der Waals surface area contributed by atoms with Crippen LogP contribution in [0.4, 0.5) is 4.39 Å². The highest BCUT2D eigenvalue weighted by atomic mass is 19.1. The molecule has 1 amide bonds. The first-order valence-electron chi connectivity index (χ1n) is 8.39. The molecule has 1 saturated heterocycles. The van der Waals surface area contributed by atoms with Gasteiger partial charge in [0.05, 0.1) is 6.54 Å². The van der Waals surface area contributed by atoms with Gasteiger partial charge in [0.2, 0.25) is 5.91 Å². The Kier molecular flexibility index (Phi) is 5.12. The number of aromatic nitrogens is 5. The highest BCUT2D eigenvalue weighted by molar-refractivity contribution is 5.79. The molecule has 1 aliphatic heterocycles. The van der Waals surface area contributed by atoms with E-state index in [1.54, 1.807) is 25.1 Å². The molecule has 9 heteroatoms. The van der Waals surface area contributed by atoms with Gasteiger partial charge >= 0.3 is 0 Å². The predicted octanol–water partition coefficient (Wildman–Crippen LogP) is 0.644. The van der Waals surface area contributed by atoms with Crippen molar-refractivity contribution >= 4 is 5.91 Å². The van der Waals surface area contributed by atoms with E-state index in [0.29, 0.717) is 26.1 Å². The summed E-state index contributed by atoms with van der Waals surface area (Å²) in [6, 6.07) is -0.457. The highest BCUT2D eigenvalue weighted by Gasteiger charge is 2.34. The summed E-state index contributed by atoms with van der Waals surface area (Å²) in [5, 5.41) is 4.01. The maximum atomic E-state index is 14.0. The first kappa shape index (κ1) is 17.5. The lowest BCUT2D eigenvalue weighted by Gasteiger charge is -2.29. The van der Waals surface area contributed by atoms with Gasteiger partial charge in [-0.1, -0.05) is 0 Å². The number of likely N-dealkylation sites (N-methyl/N-ethyl adjacent to an activating group) is 1. The Balaban J connectivity index is 1.63. The van der Waals surface area contributed by atoms with Crippen LogP contribution in [0.15, 0.2) is 25.0 Å². The lowest BCUT2D eigenvalue weighted by Crippen LogP contribution is -2.43. The summed E-state index contributed by atoms with van der Waals surface area (Å²) < 4.78 is 17.5. The van der Waals surface area contributed by atoms with Gasteiger partial charge in [-0.15, -0.1) is 0 Å². The fourth-order valence-electron chi connectivity index (χ4n) is 3.29. The minimum Gasteiger partial charge on any atom is -0.342 e. The van der Waals surface area contributed by atoms with Gasteiger partial charge in [-0.2, -0.15) is 5.10 Å². The molecule has 25 heavy (non-hydrogen) atoms. The molecule has 3 rings (SSSR count). The molecule has 0 bridgehead atoms. The fraction of sp³-hybridized carbons (Fsp3) is 0.625. The number of likely N-dealkylation sites (tertiary alicyclic amines) is 1. The molecule has 0 spiro atoms. The Morgan fingerprint density at radius 1 is 1.52 bits per heavy atom. The number of hydrogen-bond donors (Lipinski definition) is 0. The van der Waals surface area contributed by atoms with E-state index in [9.17, 15) is 9.18 Å². The first-order valence-corrected chi connectivity index (χ1v) is 8.39. The summed E-state index contributed by atoms with van der Waals surface area (Å²) >= 11 is 0. The second-order valence-corrected chi connectivity index (χ2v) is 6.64. The Bertz CT molecular complexity index is 701. The fourth-order valence-corrected chi connectivity index (χ4v) is 3.29. The third kappa shape index (κ3) is 3.87. The number of hydrogen-bond acceptors (Lipinski definition) is 5. The third-order valence-electron chi connectivity index (χ3n) is 4.79. The van der Waals surface area contributed by atoms with E-state index >= 15 is 0 Å². The molecule has 1 aliphatic rings. The van der Waals surface area contributed by atoms with Crippen LogP contribution in [0.3, 0.4) is 0 Å². The molecular weight excluding hydrogens is 325 g/mol. The number of aryl methyl sites for hydroxylation is 1. The number of halogens is 1. The lowest BCUT2D eigenvalue weighted by atomic mass is 10.2. The maximum absolute atomic E-state index is 14.0. The van der Waals surface area contributed by atoms with Crippen LogP contribution >= 0.6 is 0 Å². The van der Waals surface area contributed by atoms with Gasteiger partial charge in [-0.3, -0.25) is 9.69 Å². The molecule has 136 valence electrons. The van der Waals surface area contributed by atoms with Crippen molar-refractivity contribution in [1.29, 1.82) is 0 Å². The largest absolute Gasteiger partial charge is 0.342 e. The van der Waals surface area contributed by atoms with E-state index in [1.807, 2.05) is 17.8 Å². The molecule has 8 nitrogen and oxygen atoms in total. The van der Waals surface area contributed by atoms with E-state index in [1.165, 1.54) is 17.3 Å². The average Bonchev–Trinajstić information content (AvgIpc) is 3.30. The Morgan fingerprint density at radius 2 is 2.32 bits per heavy atom. The molecular formula is C16H24FN7O. The molecule has 2 aromatic heterocycles. The van der Waals surface area contributed by atoms with Crippen LogP contribution in [0.25, 0.3) is 0 Å². The normalized spacial score (nSPS) is 22.2. The van der Waals surface area contributed by atoms with Crippen molar-refractivity contribution in [2.24, 2.45) is 7.05 Å². The van der Waals surface area contributed by atoms with Crippen molar-refractivity contribution < 1.29 is 9.18 Å². The lowest BCUT2D eigenvalue weighted by molar-refractivity contribution is -0.133. The number of alkyl halides is 1. The Labute approximate surface area is 146 Å². The van der Waals surface area contributed by atoms with Crippen LogP contribution in [0.2, 0.25) is 0 Å². The van der Waals surface area contributed by atoms with Gasteiger partial charge in [0, 0.05) is 45.6 Å². The molecule has 1 unspecified atom stereocenters. The van der Waals surface area contributed by atoms with Crippen LogP contribution in [0.1, 0.15) is 25.2 Å². The second-order valence-electron chi connectivity index (χ2n) is 6.64. The molecule has 3 atom stereocenters. The maximum Gasteiger partial charge on any atom is 0.247 e. The number of imidazole rings is 1. The minimum absolute atomic E-state index is 0.0244. The number of amides is 1. The van der Waals surface area contributed by atoms with Gasteiger partial charge in [0.25, 0.3) is 0 Å². The summed E-state index contributed by atoms with van der Waals surface area (Å²) in [7, 11) is 3.68. The molecule has 0 aromatic carbocycles. The monoisotopic (exact) mass is 349 g/mol. The standard InChI is InChI=1S/C16H24FN7O/c1-12(24-11-18-10-20-24)16(25)22(3)8-14-6-13(17)7-23(14)9-15-19-4-5-21(15)2/h4-5,10-14H,6-9H2,1-3H3/t12?,13-,14-/m0/s1. The summed E-state index contributed by atoms with van der Waals surface area (Å²) in [4.78, 5) is 24.5. The molecule has 0 aliphatic carbocycles. The van der Waals surface area contributed by atoms with Crippen molar-refractivity contribution in [2.75, 3.05) is 20.1 Å². The topological polar surface area (TPSA) is 72.1 Å². The zero-order valence-electron chi connectivity index (χ0n) is 14.8. The van der Waals surface area contributed by atoms with E-state index in [-0.39, 0.29) is 11.9 Å². The third-order valence-corrected chi connectivity index (χ3v) is 4.79. The average molecular weight is 349 g/mol. The van der Waals surface area contributed by atoms with Crippen molar-refractivity contribution in [2.45, 2.75) is 38.1 Å². The van der Waals surface area contributed by atoms with Crippen LogP contribution in [-0.4, -0.2) is 72.4 Å². The Morgan fingerprint density at radius 3 is 2.96 bits per heavy atom. The van der Waals surface area contributed by atoms with Gasteiger partial charge in [0.1, 0.15) is 30.7 Å². The zero-order valence-corrected chi connectivity index (χ0v) is 14.8. The summed E-state index contributed by atoms with van der Waals surface area (Å²) in [5.41, 5.74) is 0. The van der Waals surface area contributed by atoms with Crippen molar-refractivity contribution in [3.8, 4) is 0 Å². The molecule has 0 N–H and O–H groups in total. The van der Waals surface area contributed by atoms with Crippen LogP contribution < -0.4 is 0 Å². The number of carbonyl (C=O) groups excluding carboxylic acids is 1. The minimum atomic E-state index is -0.874. The summed E-state index contributed by atoms with van der Waals surface area (Å²) in [6.45, 7) is 3.21. The number of nitrogens with zero attached hydrogens (tertiary/aromatic N) is 7. The number of carbonyl (C=O) groups is 1. The van der Waals surface area contributed by atoms with E-state index < -0.39 is 12.2 Å². The molecule has 2 aromatic rings. The predicted molar refractivity (Wildman–Crippen MR) is 89.3 cm³/mol. The second kappa shape index (κ2) is 7.30. The first-order chi connectivity index (χ1) is 12.0. The van der Waals surface area contributed by atoms with Gasteiger partial charge in [-0.25, -0.2) is 19.0 Å². The summed E-state index contributed by atoms with van der Waals surface area (Å²) in [5.74, 6) is 0.828. The zero-order chi connectivity index (χ0) is 18.0. The van der Waals surface area contributed by atoms with Crippen LogP contribution in [-0.2, 0) is 18.4 Å². The molecule has 1 fully saturated rings. The van der Waals surface area contributed by atoms with Crippen LogP contribution in [0.5, 0.6) is 0 Å². The number of rotatable bonds is 6. The van der Waals surface area contributed by atoms with E-state index in [0.717, 1.165) is 5.82 Å². The van der Waals surface area contributed by atoms with Crippen molar-refractivity contribution in [1.82, 2.24) is 34.1 Å². The SMILES string of the molecule is CC(C(=O)N(C)C[C@@H]1C[C@H](F)CN1Cc1nccn1C)n1cncn1. The van der Waals surface area contributed by atoms with Crippen molar-refractivity contribution in [3.63, 3.8) is 0 Å². The van der Waals surface area contributed by atoms with Gasteiger partial charge in [-0.05, 0) is 13.3 Å². The van der Waals surface area contributed by atoms with Gasteiger partial charge < -0.3 is 9.47 Å². The summed E-state index contributed by atoms with van der Waals surface area (Å²) in [6.07, 6.45) is 6.10. The molecule has 0 radical (unpaired) electrons.